The summed E-state index contributed by atoms with van der Waals surface area (Å²) in [7, 11) is 0. The standard InChI is InChI=1S/C29H28FNO5/c1-29(2)16-21-14-22(30)15-24(26(21)36-29)19-8-10-23(11-9-19)34-17-18-5-3-6-20(13-18)27(32)35-28(33)25-7-4-12-31-25/h3,5-6,8-11,13-15,25,31H,4,7,12,16-17H2,1-2H3/t25-/m0/s1. The molecule has 2 aliphatic rings. The highest BCUT2D eigenvalue weighted by Gasteiger charge is 2.32. The van der Waals surface area contributed by atoms with Crippen LogP contribution in [0.4, 0.5) is 4.39 Å². The number of carbonyl (C=O) groups is 2. The third-order valence-corrected chi connectivity index (χ3v) is 6.40. The average Bonchev–Trinajstić information content (AvgIpc) is 3.50. The van der Waals surface area contributed by atoms with Gasteiger partial charge in [-0.2, -0.15) is 0 Å². The molecular weight excluding hydrogens is 461 g/mol. The first-order valence-electron chi connectivity index (χ1n) is 12.1. The van der Waals surface area contributed by atoms with Gasteiger partial charge in [0, 0.05) is 17.5 Å². The molecule has 7 heteroatoms. The van der Waals surface area contributed by atoms with E-state index in [9.17, 15) is 14.0 Å². The fraction of sp³-hybridized carbons (Fsp3) is 0.310. The Labute approximate surface area is 209 Å². The van der Waals surface area contributed by atoms with E-state index in [1.165, 1.54) is 12.1 Å². The molecule has 1 N–H and O–H groups in total. The Kier molecular flexibility index (Phi) is 6.49. The normalized spacial score (nSPS) is 17.8. The van der Waals surface area contributed by atoms with Crippen LogP contribution in [-0.4, -0.2) is 30.1 Å². The van der Waals surface area contributed by atoms with Gasteiger partial charge in [0.15, 0.2) is 0 Å². The molecule has 0 aromatic heterocycles. The summed E-state index contributed by atoms with van der Waals surface area (Å²) in [6, 6.07) is 16.8. The average molecular weight is 490 g/mol. The van der Waals surface area contributed by atoms with Gasteiger partial charge in [0.2, 0.25) is 0 Å². The number of benzene rings is 3. The van der Waals surface area contributed by atoms with E-state index in [-0.39, 0.29) is 18.0 Å². The fourth-order valence-corrected chi connectivity index (χ4v) is 4.68. The van der Waals surface area contributed by atoms with Crippen molar-refractivity contribution in [2.24, 2.45) is 0 Å². The minimum atomic E-state index is -0.673. The Morgan fingerprint density at radius 3 is 2.67 bits per heavy atom. The van der Waals surface area contributed by atoms with E-state index in [0.717, 1.165) is 41.0 Å². The van der Waals surface area contributed by atoms with Crippen LogP contribution in [0, 0.1) is 5.82 Å². The van der Waals surface area contributed by atoms with Gasteiger partial charge >= 0.3 is 11.9 Å². The minimum absolute atomic E-state index is 0.227. The molecule has 3 aromatic carbocycles. The van der Waals surface area contributed by atoms with Crippen molar-refractivity contribution in [2.75, 3.05) is 6.54 Å². The maximum atomic E-state index is 14.3. The number of halogens is 1. The molecule has 3 aromatic rings. The molecule has 0 amide bonds. The first kappa shape index (κ1) is 24.0. The number of carbonyl (C=O) groups excluding carboxylic acids is 2. The lowest BCUT2D eigenvalue weighted by atomic mass is 9.97. The number of hydrogen-bond donors (Lipinski definition) is 1. The molecule has 0 spiro atoms. The maximum Gasteiger partial charge on any atom is 0.345 e. The van der Waals surface area contributed by atoms with Crippen molar-refractivity contribution in [2.45, 2.75) is 51.4 Å². The van der Waals surface area contributed by atoms with Gasteiger partial charge in [0.1, 0.15) is 35.6 Å². The monoisotopic (exact) mass is 489 g/mol. The molecule has 186 valence electrons. The summed E-state index contributed by atoms with van der Waals surface area (Å²) in [4.78, 5) is 24.5. The summed E-state index contributed by atoms with van der Waals surface area (Å²) >= 11 is 0. The minimum Gasteiger partial charge on any atom is -0.489 e. The SMILES string of the molecule is CC1(C)Cc2cc(F)cc(-c3ccc(OCc4cccc(C(=O)OC(=O)[C@@H]5CCCN5)c4)cc3)c2O1. The lowest BCUT2D eigenvalue weighted by Gasteiger charge is -2.18. The molecule has 0 radical (unpaired) electrons. The summed E-state index contributed by atoms with van der Waals surface area (Å²) in [5.41, 5.74) is 3.11. The molecule has 0 unspecified atom stereocenters. The predicted octanol–water partition coefficient (Wildman–Crippen LogP) is 5.22. The topological polar surface area (TPSA) is 73.9 Å². The quantitative estimate of drug-likeness (QED) is 0.378. The molecule has 36 heavy (non-hydrogen) atoms. The van der Waals surface area contributed by atoms with Crippen molar-refractivity contribution in [3.63, 3.8) is 0 Å². The summed E-state index contributed by atoms with van der Waals surface area (Å²) in [6.07, 6.45) is 2.22. The second-order valence-corrected chi connectivity index (χ2v) is 9.85. The highest BCUT2D eigenvalue weighted by atomic mass is 19.1. The van der Waals surface area contributed by atoms with Crippen LogP contribution in [0.1, 0.15) is 48.2 Å². The van der Waals surface area contributed by atoms with Gasteiger partial charge in [-0.15, -0.1) is 0 Å². The van der Waals surface area contributed by atoms with E-state index in [0.29, 0.717) is 24.2 Å². The largest absolute Gasteiger partial charge is 0.489 e. The first-order valence-corrected chi connectivity index (χ1v) is 12.1. The van der Waals surface area contributed by atoms with E-state index in [1.807, 2.05) is 44.2 Å². The third-order valence-electron chi connectivity index (χ3n) is 6.40. The number of nitrogens with one attached hydrogen (secondary N) is 1. The van der Waals surface area contributed by atoms with E-state index >= 15 is 0 Å². The molecule has 0 saturated carbocycles. The summed E-state index contributed by atoms with van der Waals surface area (Å²) in [5, 5.41) is 3.02. The summed E-state index contributed by atoms with van der Waals surface area (Å²) < 4.78 is 31.3. The lowest BCUT2D eigenvalue weighted by molar-refractivity contribution is -0.139. The first-order chi connectivity index (χ1) is 17.3. The molecule has 0 aliphatic carbocycles. The van der Waals surface area contributed by atoms with Gasteiger partial charge in [-0.1, -0.05) is 24.3 Å². The summed E-state index contributed by atoms with van der Waals surface area (Å²) in [6.45, 7) is 4.96. The van der Waals surface area contributed by atoms with Crippen LogP contribution < -0.4 is 14.8 Å². The van der Waals surface area contributed by atoms with E-state index in [1.54, 1.807) is 18.2 Å². The van der Waals surface area contributed by atoms with Crippen molar-refractivity contribution in [1.82, 2.24) is 5.32 Å². The van der Waals surface area contributed by atoms with Crippen LogP contribution in [0.15, 0.2) is 60.7 Å². The second-order valence-electron chi connectivity index (χ2n) is 9.85. The molecule has 6 nitrogen and oxygen atoms in total. The molecule has 5 rings (SSSR count). The Balaban J connectivity index is 1.23. The van der Waals surface area contributed by atoms with Gasteiger partial charge in [-0.3, -0.25) is 0 Å². The molecule has 2 heterocycles. The van der Waals surface area contributed by atoms with Crippen molar-refractivity contribution < 1.29 is 28.2 Å². The van der Waals surface area contributed by atoms with Crippen LogP contribution >= 0.6 is 0 Å². The van der Waals surface area contributed by atoms with Crippen LogP contribution in [-0.2, 0) is 22.6 Å². The zero-order valence-corrected chi connectivity index (χ0v) is 20.3. The van der Waals surface area contributed by atoms with Gasteiger partial charge in [0.25, 0.3) is 0 Å². The molecule has 1 atom stereocenters. The van der Waals surface area contributed by atoms with Crippen molar-refractivity contribution >= 4 is 11.9 Å². The second kappa shape index (κ2) is 9.74. The lowest BCUT2D eigenvalue weighted by Crippen LogP contribution is -2.33. The molecule has 1 saturated heterocycles. The number of rotatable bonds is 6. The number of fused-ring (bicyclic) bond motifs is 1. The fourth-order valence-electron chi connectivity index (χ4n) is 4.68. The molecular formula is C29H28FNO5. The number of ether oxygens (including phenoxy) is 3. The molecule has 0 bridgehead atoms. The van der Waals surface area contributed by atoms with Crippen molar-refractivity contribution in [1.29, 1.82) is 0 Å². The predicted molar refractivity (Wildman–Crippen MR) is 132 cm³/mol. The zero-order chi connectivity index (χ0) is 25.3. The van der Waals surface area contributed by atoms with E-state index in [2.05, 4.69) is 5.32 Å². The smallest absolute Gasteiger partial charge is 0.345 e. The van der Waals surface area contributed by atoms with Crippen LogP contribution in [0.5, 0.6) is 11.5 Å². The van der Waals surface area contributed by atoms with Crippen molar-refractivity contribution in [3.8, 4) is 22.6 Å². The van der Waals surface area contributed by atoms with Crippen LogP contribution in [0.25, 0.3) is 11.1 Å². The van der Waals surface area contributed by atoms with Crippen molar-refractivity contribution in [3.05, 3.63) is 83.2 Å². The maximum absolute atomic E-state index is 14.3. The van der Waals surface area contributed by atoms with Crippen LogP contribution in [0.3, 0.4) is 0 Å². The summed E-state index contributed by atoms with van der Waals surface area (Å²) in [5.74, 6) is -0.153. The highest BCUT2D eigenvalue weighted by Crippen LogP contribution is 2.43. The molecule has 1 fully saturated rings. The third kappa shape index (κ3) is 5.26. The Hall–Kier alpha value is -3.71. The van der Waals surface area contributed by atoms with E-state index in [4.69, 9.17) is 14.2 Å². The van der Waals surface area contributed by atoms with Gasteiger partial charge in [-0.25, -0.2) is 14.0 Å². The van der Waals surface area contributed by atoms with E-state index < -0.39 is 18.0 Å². The number of hydrogen-bond acceptors (Lipinski definition) is 6. The molecule has 2 aliphatic heterocycles. The Bertz CT molecular complexity index is 1300. The van der Waals surface area contributed by atoms with Gasteiger partial charge < -0.3 is 19.5 Å². The van der Waals surface area contributed by atoms with Gasteiger partial charge in [-0.05, 0) is 80.8 Å². The zero-order valence-electron chi connectivity index (χ0n) is 20.3. The van der Waals surface area contributed by atoms with Crippen LogP contribution in [0.2, 0.25) is 0 Å². The Morgan fingerprint density at radius 1 is 1.11 bits per heavy atom. The highest BCUT2D eigenvalue weighted by molar-refractivity contribution is 5.98. The van der Waals surface area contributed by atoms with Gasteiger partial charge in [0.05, 0.1) is 5.56 Å². The Morgan fingerprint density at radius 2 is 1.92 bits per heavy atom. The number of esters is 2.